The number of nitrogens with one attached hydrogen (secondary N) is 1. The number of amides is 1. The van der Waals surface area contributed by atoms with Crippen LogP contribution >= 0.6 is 23.2 Å². The fourth-order valence-electron chi connectivity index (χ4n) is 3.38. The molecule has 2 aromatic rings. The molecule has 29 heavy (non-hydrogen) atoms. The van der Waals surface area contributed by atoms with Crippen LogP contribution in [-0.4, -0.2) is 42.4 Å². The quantitative estimate of drug-likeness (QED) is 0.760. The van der Waals surface area contributed by atoms with Gasteiger partial charge in [-0.05, 0) is 24.3 Å². The van der Waals surface area contributed by atoms with Gasteiger partial charge >= 0.3 is 0 Å². The summed E-state index contributed by atoms with van der Waals surface area (Å²) in [5.41, 5.74) is 1.79. The highest BCUT2D eigenvalue weighted by molar-refractivity contribution is 6.36. The smallest absolute Gasteiger partial charge is 0.283 e. The summed E-state index contributed by atoms with van der Waals surface area (Å²) in [6.07, 6.45) is 1.27. The lowest BCUT2D eigenvalue weighted by atomic mass is 9.78. The molecule has 152 valence electrons. The predicted octanol–water partition coefficient (Wildman–Crippen LogP) is 3.06. The number of ether oxygens (including phenoxy) is 2. The van der Waals surface area contributed by atoms with Gasteiger partial charge in [0.2, 0.25) is 0 Å². The van der Waals surface area contributed by atoms with Crippen molar-refractivity contribution in [3.8, 4) is 0 Å². The summed E-state index contributed by atoms with van der Waals surface area (Å²) in [6.45, 7) is -0.987. The summed E-state index contributed by atoms with van der Waals surface area (Å²) in [5, 5.41) is 2.87. The Labute approximate surface area is 173 Å². The van der Waals surface area contributed by atoms with E-state index in [1.807, 2.05) is 0 Å². The van der Waals surface area contributed by atoms with Crippen molar-refractivity contribution in [2.45, 2.75) is 11.2 Å². The van der Waals surface area contributed by atoms with Crippen molar-refractivity contribution >= 4 is 40.8 Å². The number of aromatic nitrogens is 1. The number of carbonyl (C=O) groups excluding carboxylic acids is 1. The van der Waals surface area contributed by atoms with Gasteiger partial charge in [0.25, 0.3) is 11.9 Å². The monoisotopic (exact) mass is 442 g/mol. The van der Waals surface area contributed by atoms with Crippen molar-refractivity contribution < 1.29 is 23.0 Å². The molecule has 2 unspecified atom stereocenters. The van der Waals surface area contributed by atoms with Gasteiger partial charge in [-0.25, -0.2) is 18.8 Å². The third kappa shape index (κ3) is 3.29. The third-order valence-corrected chi connectivity index (χ3v) is 5.32. The minimum absolute atomic E-state index is 0.0460. The fourth-order valence-corrected chi connectivity index (χ4v) is 3.85. The molecule has 2 aliphatic rings. The molecule has 3 heterocycles. The maximum absolute atomic E-state index is 15.5. The van der Waals surface area contributed by atoms with Gasteiger partial charge in [0.05, 0.1) is 23.3 Å². The molecule has 2 atom stereocenters. The molecule has 1 aromatic carbocycles. The van der Waals surface area contributed by atoms with Crippen LogP contribution in [-0.2, 0) is 15.0 Å². The second-order valence-corrected chi connectivity index (χ2v) is 7.53. The Kier molecular flexibility index (Phi) is 4.84. The zero-order chi connectivity index (χ0) is 20.8. The highest BCUT2D eigenvalue weighted by atomic mass is 35.5. The second-order valence-electron chi connectivity index (χ2n) is 6.69. The van der Waals surface area contributed by atoms with E-state index in [1.54, 1.807) is 0 Å². The maximum Gasteiger partial charge on any atom is 0.283 e. The highest BCUT2D eigenvalue weighted by Crippen LogP contribution is 2.48. The molecule has 0 saturated carbocycles. The molecule has 1 fully saturated rings. The van der Waals surface area contributed by atoms with Crippen LogP contribution in [0.2, 0.25) is 10.0 Å². The maximum atomic E-state index is 15.5. The van der Waals surface area contributed by atoms with Gasteiger partial charge in [-0.1, -0.05) is 23.2 Å². The van der Waals surface area contributed by atoms with E-state index in [4.69, 9.17) is 38.4 Å². The Morgan fingerprint density at radius 1 is 1.24 bits per heavy atom. The average Bonchev–Trinajstić information content (AvgIpc) is 3.00. The molecule has 11 heteroatoms. The number of hydrogen-bond acceptors (Lipinski definition) is 6. The molecule has 0 aliphatic carbocycles. The Bertz CT molecular complexity index is 1040. The number of alkyl halides is 1. The van der Waals surface area contributed by atoms with Gasteiger partial charge in [-0.2, -0.15) is 0 Å². The standard InChI is InChI=1S/C18H14Cl2F2N4O3/c19-9-3-12(20)14(24-5-9)15(27)25-10-1-2-13(21)11(4-10)18-8-28-6-17(18,22)7-29-16(23)26-18/h1-5H,6-8H2,(H2,23,26)(H,25,27). The number of rotatable bonds is 3. The third-order valence-electron chi connectivity index (χ3n) is 4.83. The summed E-state index contributed by atoms with van der Waals surface area (Å²) in [6, 6.07) is 4.79. The van der Waals surface area contributed by atoms with E-state index < -0.39 is 29.5 Å². The molecule has 0 spiro atoms. The van der Waals surface area contributed by atoms with Gasteiger partial charge < -0.3 is 20.5 Å². The van der Waals surface area contributed by atoms with Gasteiger partial charge in [-0.3, -0.25) is 4.79 Å². The second kappa shape index (κ2) is 7.08. The van der Waals surface area contributed by atoms with Crippen LogP contribution < -0.4 is 11.1 Å². The molecule has 1 amide bonds. The number of carbonyl (C=O) groups is 1. The number of nitrogens with zero attached hydrogens (tertiary/aromatic N) is 2. The van der Waals surface area contributed by atoms with E-state index in [-0.39, 0.29) is 46.2 Å². The number of fused-ring (bicyclic) bond motifs is 1. The van der Waals surface area contributed by atoms with Crippen molar-refractivity contribution in [3.63, 3.8) is 0 Å². The molecule has 3 N–H and O–H groups in total. The molecule has 0 radical (unpaired) electrons. The largest absolute Gasteiger partial charge is 0.462 e. The molecule has 4 rings (SSSR count). The van der Waals surface area contributed by atoms with E-state index in [0.29, 0.717) is 0 Å². The van der Waals surface area contributed by atoms with Gasteiger partial charge in [-0.15, -0.1) is 0 Å². The van der Waals surface area contributed by atoms with E-state index in [1.165, 1.54) is 24.4 Å². The number of pyridine rings is 1. The zero-order valence-electron chi connectivity index (χ0n) is 14.7. The Morgan fingerprint density at radius 2 is 2.03 bits per heavy atom. The lowest BCUT2D eigenvalue weighted by Gasteiger charge is -2.38. The molecule has 1 saturated heterocycles. The summed E-state index contributed by atoms with van der Waals surface area (Å²) in [5.74, 6) is -1.37. The first-order chi connectivity index (χ1) is 13.7. The highest BCUT2D eigenvalue weighted by Gasteiger charge is 2.62. The zero-order valence-corrected chi connectivity index (χ0v) is 16.2. The number of benzene rings is 1. The Balaban J connectivity index is 1.72. The number of halogens is 4. The van der Waals surface area contributed by atoms with Crippen molar-refractivity contribution in [2.75, 3.05) is 25.1 Å². The summed E-state index contributed by atoms with van der Waals surface area (Å²) in [4.78, 5) is 20.4. The van der Waals surface area contributed by atoms with Crippen LogP contribution in [0.3, 0.4) is 0 Å². The van der Waals surface area contributed by atoms with Crippen LogP contribution in [0.25, 0.3) is 0 Å². The minimum atomic E-state index is -2.11. The lowest BCUT2D eigenvalue weighted by molar-refractivity contribution is 0.00905. The predicted molar refractivity (Wildman–Crippen MR) is 103 cm³/mol. The first-order valence-electron chi connectivity index (χ1n) is 8.41. The molecule has 7 nitrogen and oxygen atoms in total. The number of aliphatic imine (C=N–C) groups is 1. The summed E-state index contributed by atoms with van der Waals surface area (Å²) < 4.78 is 40.5. The van der Waals surface area contributed by atoms with Crippen LogP contribution in [0, 0.1) is 5.82 Å². The van der Waals surface area contributed by atoms with Gasteiger partial charge in [0, 0.05) is 17.4 Å². The van der Waals surface area contributed by atoms with Crippen LogP contribution in [0.4, 0.5) is 14.5 Å². The van der Waals surface area contributed by atoms with Crippen LogP contribution in [0.5, 0.6) is 0 Å². The van der Waals surface area contributed by atoms with Crippen molar-refractivity contribution in [2.24, 2.45) is 10.7 Å². The SMILES string of the molecule is NC1=NC2(c3cc(NC(=O)c4ncc(Cl)cc4Cl)ccc3F)COCC2(F)CO1. The number of amidine groups is 1. The van der Waals surface area contributed by atoms with E-state index in [9.17, 15) is 9.18 Å². The van der Waals surface area contributed by atoms with E-state index in [2.05, 4.69) is 15.3 Å². The minimum Gasteiger partial charge on any atom is -0.462 e. The molecular formula is C18H14Cl2F2N4O3. The van der Waals surface area contributed by atoms with Crippen molar-refractivity contribution in [3.05, 3.63) is 57.6 Å². The van der Waals surface area contributed by atoms with Gasteiger partial charge in [0.1, 0.15) is 18.1 Å². The van der Waals surface area contributed by atoms with Crippen molar-refractivity contribution in [1.82, 2.24) is 4.98 Å². The summed E-state index contributed by atoms with van der Waals surface area (Å²) >= 11 is 11.8. The van der Waals surface area contributed by atoms with Crippen LogP contribution in [0.15, 0.2) is 35.5 Å². The lowest BCUT2D eigenvalue weighted by Crippen LogP contribution is -2.55. The molecule has 0 bridgehead atoms. The summed E-state index contributed by atoms with van der Waals surface area (Å²) in [7, 11) is 0. The van der Waals surface area contributed by atoms with E-state index in [0.717, 1.165) is 6.07 Å². The Hall–Kier alpha value is -2.49. The normalized spacial score (nSPS) is 25.7. The fraction of sp³-hybridized carbons (Fsp3) is 0.278. The van der Waals surface area contributed by atoms with Gasteiger partial charge in [0.15, 0.2) is 11.2 Å². The first kappa shape index (κ1) is 19.8. The first-order valence-corrected chi connectivity index (χ1v) is 9.17. The average molecular weight is 443 g/mol. The van der Waals surface area contributed by atoms with Crippen LogP contribution in [0.1, 0.15) is 16.1 Å². The molecular weight excluding hydrogens is 429 g/mol. The molecule has 2 aliphatic heterocycles. The Morgan fingerprint density at radius 3 is 2.79 bits per heavy atom. The topological polar surface area (TPSA) is 98.8 Å². The van der Waals surface area contributed by atoms with Crippen molar-refractivity contribution in [1.29, 1.82) is 0 Å². The number of anilines is 1. The molecule has 1 aromatic heterocycles. The number of hydrogen-bond donors (Lipinski definition) is 2. The van der Waals surface area contributed by atoms with E-state index >= 15 is 4.39 Å². The number of nitrogens with two attached hydrogens (primary N) is 1.